The molecule has 1 saturated carbocycles. The van der Waals surface area contributed by atoms with Gasteiger partial charge in [0, 0.05) is 43.1 Å². The zero-order valence-corrected chi connectivity index (χ0v) is 23.5. The third-order valence-electron chi connectivity index (χ3n) is 7.74. The Morgan fingerprint density at radius 3 is 2.58 bits per heavy atom. The van der Waals surface area contributed by atoms with E-state index in [4.69, 9.17) is 9.47 Å². The molecule has 2 atom stereocenters. The highest BCUT2D eigenvalue weighted by Crippen LogP contribution is 2.35. The fourth-order valence-corrected chi connectivity index (χ4v) is 5.58. The number of hydrogen-bond acceptors (Lipinski definition) is 8. The van der Waals surface area contributed by atoms with Gasteiger partial charge >= 0.3 is 6.09 Å². The number of phenolic OH excluding ortho intramolecular Hbond substituents is 1. The van der Waals surface area contributed by atoms with Gasteiger partial charge in [0.15, 0.2) is 5.82 Å². The monoisotopic (exact) mass is 546 g/mol. The Kier molecular flexibility index (Phi) is 7.12. The molecular weight excluding hydrogens is 508 g/mol. The van der Waals surface area contributed by atoms with Crippen LogP contribution in [0.3, 0.4) is 0 Å². The van der Waals surface area contributed by atoms with Gasteiger partial charge in [-0.05, 0) is 89.1 Å². The summed E-state index contributed by atoms with van der Waals surface area (Å²) in [4.78, 5) is 17.0. The molecule has 40 heavy (non-hydrogen) atoms. The van der Waals surface area contributed by atoms with Crippen LogP contribution in [0.25, 0.3) is 22.4 Å². The number of phenols is 1. The van der Waals surface area contributed by atoms with Crippen LogP contribution in [0.4, 0.5) is 10.6 Å². The summed E-state index contributed by atoms with van der Waals surface area (Å²) in [6, 6.07) is 9.74. The van der Waals surface area contributed by atoms with Gasteiger partial charge in [0.25, 0.3) is 0 Å². The van der Waals surface area contributed by atoms with Crippen molar-refractivity contribution in [2.24, 2.45) is 0 Å². The van der Waals surface area contributed by atoms with Gasteiger partial charge < -0.3 is 24.4 Å². The molecule has 3 aliphatic rings. The Bertz CT molecular complexity index is 1340. The lowest BCUT2D eigenvalue weighted by Crippen LogP contribution is -2.46. The van der Waals surface area contributed by atoms with Gasteiger partial charge in [-0.2, -0.15) is 5.10 Å². The SMILES string of the molecule is CC(C)(C)OC(=O)N(C1CC1)C1CCN(c2ccc(-c3ccc(-c4cnn(C5CCCCO5)c4)cc3O)nn2)C1. The van der Waals surface area contributed by atoms with Crippen molar-refractivity contribution in [2.45, 2.75) is 83.2 Å². The lowest BCUT2D eigenvalue weighted by molar-refractivity contribution is -0.0394. The summed E-state index contributed by atoms with van der Waals surface area (Å²) in [5.41, 5.74) is 2.51. The summed E-state index contributed by atoms with van der Waals surface area (Å²) in [6.07, 6.45) is 9.64. The van der Waals surface area contributed by atoms with Crippen molar-refractivity contribution in [3.05, 3.63) is 42.7 Å². The lowest BCUT2D eigenvalue weighted by atomic mass is 10.0. The molecule has 1 amide bonds. The first kappa shape index (κ1) is 26.6. The molecule has 1 aromatic carbocycles. The highest BCUT2D eigenvalue weighted by atomic mass is 16.6. The van der Waals surface area contributed by atoms with Crippen molar-refractivity contribution in [3.63, 3.8) is 0 Å². The first-order valence-electron chi connectivity index (χ1n) is 14.3. The number of amides is 1. The molecule has 0 bridgehead atoms. The Morgan fingerprint density at radius 1 is 1.05 bits per heavy atom. The molecule has 1 N–H and O–H groups in total. The average molecular weight is 547 g/mol. The van der Waals surface area contributed by atoms with Gasteiger partial charge in [-0.3, -0.25) is 0 Å². The average Bonchev–Trinajstić information content (AvgIpc) is 3.42. The Morgan fingerprint density at radius 2 is 1.90 bits per heavy atom. The van der Waals surface area contributed by atoms with Crippen LogP contribution < -0.4 is 4.90 Å². The van der Waals surface area contributed by atoms with E-state index in [-0.39, 0.29) is 30.2 Å². The molecule has 4 heterocycles. The molecular formula is C30H38N6O4. The topological polar surface area (TPSA) is 106 Å². The maximum Gasteiger partial charge on any atom is 0.410 e. The largest absolute Gasteiger partial charge is 0.507 e. The third-order valence-corrected chi connectivity index (χ3v) is 7.74. The summed E-state index contributed by atoms with van der Waals surface area (Å²) in [5.74, 6) is 0.902. The Hall–Kier alpha value is -3.66. The number of ether oxygens (including phenoxy) is 2. The first-order valence-corrected chi connectivity index (χ1v) is 14.3. The zero-order chi connectivity index (χ0) is 27.9. The normalized spacial score (nSPS) is 21.4. The number of anilines is 1. The van der Waals surface area contributed by atoms with E-state index in [1.807, 2.05) is 60.8 Å². The van der Waals surface area contributed by atoms with E-state index in [0.717, 1.165) is 68.6 Å². The van der Waals surface area contributed by atoms with E-state index in [9.17, 15) is 9.90 Å². The van der Waals surface area contributed by atoms with Crippen LogP contribution in [0, 0.1) is 0 Å². The van der Waals surface area contributed by atoms with Crippen LogP contribution in [0.5, 0.6) is 5.75 Å². The van der Waals surface area contributed by atoms with E-state index < -0.39 is 5.60 Å². The molecule has 2 unspecified atom stereocenters. The highest BCUT2D eigenvalue weighted by Gasteiger charge is 2.42. The maximum absolute atomic E-state index is 12.9. The van der Waals surface area contributed by atoms with Crippen molar-refractivity contribution in [1.82, 2.24) is 24.9 Å². The number of carbonyl (C=O) groups is 1. The van der Waals surface area contributed by atoms with Gasteiger partial charge in [-0.1, -0.05) is 6.07 Å². The fourth-order valence-electron chi connectivity index (χ4n) is 5.58. The number of aromatic hydroxyl groups is 1. The highest BCUT2D eigenvalue weighted by molar-refractivity contribution is 5.74. The number of aromatic nitrogens is 4. The van der Waals surface area contributed by atoms with Gasteiger partial charge in [0.2, 0.25) is 0 Å². The molecule has 10 heteroatoms. The van der Waals surface area contributed by atoms with Gasteiger partial charge in [0.1, 0.15) is 17.6 Å². The first-order chi connectivity index (χ1) is 19.2. The van der Waals surface area contributed by atoms with Crippen LogP contribution in [0.15, 0.2) is 42.7 Å². The fraction of sp³-hybridized carbons (Fsp3) is 0.533. The van der Waals surface area contributed by atoms with E-state index in [2.05, 4.69) is 20.2 Å². The molecule has 2 aliphatic heterocycles. The van der Waals surface area contributed by atoms with Crippen LogP contribution >= 0.6 is 0 Å². The maximum atomic E-state index is 12.9. The molecule has 6 rings (SSSR count). The molecule has 2 saturated heterocycles. The van der Waals surface area contributed by atoms with Crippen LogP contribution in [0.2, 0.25) is 0 Å². The Labute approximate surface area is 234 Å². The third kappa shape index (κ3) is 5.77. The van der Waals surface area contributed by atoms with E-state index >= 15 is 0 Å². The molecule has 0 spiro atoms. The van der Waals surface area contributed by atoms with Crippen molar-refractivity contribution < 1.29 is 19.4 Å². The molecule has 1 aliphatic carbocycles. The second-order valence-corrected chi connectivity index (χ2v) is 12.0. The summed E-state index contributed by atoms with van der Waals surface area (Å²) >= 11 is 0. The van der Waals surface area contributed by atoms with Crippen molar-refractivity contribution >= 4 is 11.9 Å². The minimum atomic E-state index is -0.514. The second kappa shape index (κ2) is 10.7. The summed E-state index contributed by atoms with van der Waals surface area (Å²) < 4.78 is 13.4. The summed E-state index contributed by atoms with van der Waals surface area (Å²) in [7, 11) is 0. The summed E-state index contributed by atoms with van der Waals surface area (Å²) in [6.45, 7) is 7.97. The minimum absolute atomic E-state index is 0.0239. The van der Waals surface area contributed by atoms with Gasteiger partial charge in [0.05, 0.1) is 17.9 Å². The van der Waals surface area contributed by atoms with Gasteiger partial charge in [-0.25, -0.2) is 9.48 Å². The van der Waals surface area contributed by atoms with E-state index in [1.54, 1.807) is 12.3 Å². The number of nitrogens with zero attached hydrogens (tertiary/aromatic N) is 6. The Balaban J connectivity index is 1.12. The molecule has 2 aromatic heterocycles. The number of carbonyl (C=O) groups excluding carboxylic acids is 1. The molecule has 212 valence electrons. The predicted molar refractivity (Wildman–Crippen MR) is 151 cm³/mol. The smallest absolute Gasteiger partial charge is 0.410 e. The number of hydrogen-bond donors (Lipinski definition) is 1. The van der Waals surface area contributed by atoms with E-state index in [0.29, 0.717) is 17.8 Å². The molecule has 3 fully saturated rings. The quantitative estimate of drug-likeness (QED) is 0.439. The van der Waals surface area contributed by atoms with Crippen LogP contribution in [-0.2, 0) is 9.47 Å². The molecule has 3 aromatic rings. The minimum Gasteiger partial charge on any atom is -0.507 e. The lowest BCUT2D eigenvalue weighted by Gasteiger charge is -2.31. The molecule has 10 nitrogen and oxygen atoms in total. The second-order valence-electron chi connectivity index (χ2n) is 12.0. The number of rotatable bonds is 6. The zero-order valence-electron chi connectivity index (χ0n) is 23.5. The predicted octanol–water partition coefficient (Wildman–Crippen LogP) is 5.39. The van der Waals surface area contributed by atoms with E-state index in [1.165, 1.54) is 0 Å². The van der Waals surface area contributed by atoms with Crippen molar-refractivity contribution in [1.29, 1.82) is 0 Å². The standard InChI is InChI=1S/C30H38N6O4/c1-30(2,3)40-29(38)36(22-8-9-22)23-13-14-34(19-23)27-12-11-25(32-33-27)24-10-7-20(16-26(24)37)21-17-31-35(18-21)28-6-4-5-15-39-28/h7,10-12,16-18,22-23,28,37H,4-6,8-9,13-15,19H2,1-3H3. The van der Waals surface area contributed by atoms with Gasteiger partial charge in [-0.15, -0.1) is 10.2 Å². The van der Waals surface area contributed by atoms with Crippen LogP contribution in [0.1, 0.15) is 65.5 Å². The molecule has 0 radical (unpaired) electrons. The number of benzene rings is 1. The summed E-state index contributed by atoms with van der Waals surface area (Å²) in [5, 5.41) is 24.2. The van der Waals surface area contributed by atoms with Crippen molar-refractivity contribution in [3.8, 4) is 28.1 Å². The van der Waals surface area contributed by atoms with Crippen LogP contribution in [-0.4, -0.2) is 73.5 Å². The van der Waals surface area contributed by atoms with Crippen molar-refractivity contribution in [2.75, 3.05) is 24.6 Å².